The molecule has 1 atom stereocenters. The standard InChI is InChI=1S/C8H12N2O3S/c1-10-7(12)3-2-5(8(10)13)9-6(11)4-14/h5,14H,2-4H2,1H3,(H,9,11). The Morgan fingerprint density at radius 1 is 1.64 bits per heavy atom. The molecule has 0 aromatic carbocycles. The quantitative estimate of drug-likeness (QED) is 0.468. The lowest BCUT2D eigenvalue weighted by Gasteiger charge is -2.27. The van der Waals surface area contributed by atoms with Crippen molar-refractivity contribution in [3.63, 3.8) is 0 Å². The smallest absolute Gasteiger partial charge is 0.251 e. The van der Waals surface area contributed by atoms with Gasteiger partial charge in [0.1, 0.15) is 6.04 Å². The predicted molar refractivity (Wildman–Crippen MR) is 52.8 cm³/mol. The fourth-order valence-corrected chi connectivity index (χ4v) is 1.38. The molecule has 6 heteroatoms. The van der Waals surface area contributed by atoms with Gasteiger partial charge in [0.05, 0.1) is 5.75 Å². The van der Waals surface area contributed by atoms with Crippen LogP contribution in [0.2, 0.25) is 0 Å². The molecule has 0 saturated carbocycles. The van der Waals surface area contributed by atoms with Crippen LogP contribution in [0.25, 0.3) is 0 Å². The molecule has 1 saturated heterocycles. The lowest BCUT2D eigenvalue weighted by Crippen LogP contribution is -2.53. The minimum atomic E-state index is -0.572. The summed E-state index contributed by atoms with van der Waals surface area (Å²) in [7, 11) is 1.42. The summed E-state index contributed by atoms with van der Waals surface area (Å²) < 4.78 is 0. The number of likely N-dealkylation sites (N-methyl/N-ethyl adjacent to an activating group) is 1. The zero-order valence-electron chi connectivity index (χ0n) is 7.82. The third-order valence-electron chi connectivity index (χ3n) is 2.13. The second-order valence-electron chi connectivity index (χ2n) is 3.11. The molecule has 5 nitrogen and oxygen atoms in total. The summed E-state index contributed by atoms with van der Waals surface area (Å²) in [6, 6.07) is -0.572. The number of hydrogen-bond donors (Lipinski definition) is 2. The number of nitrogens with zero attached hydrogens (tertiary/aromatic N) is 1. The zero-order chi connectivity index (χ0) is 10.7. The minimum absolute atomic E-state index is 0.0431. The Labute approximate surface area is 87.2 Å². The lowest BCUT2D eigenvalue weighted by molar-refractivity contribution is -0.149. The molecule has 0 bridgehead atoms. The Morgan fingerprint density at radius 2 is 2.29 bits per heavy atom. The predicted octanol–water partition coefficient (Wildman–Crippen LogP) is -0.820. The van der Waals surface area contributed by atoms with Crippen molar-refractivity contribution in [2.75, 3.05) is 12.8 Å². The topological polar surface area (TPSA) is 66.5 Å². The molecule has 78 valence electrons. The Balaban J connectivity index is 2.59. The molecule has 3 amide bonds. The maximum atomic E-state index is 11.5. The Kier molecular flexibility index (Phi) is 3.51. The van der Waals surface area contributed by atoms with Crippen LogP contribution in [0, 0.1) is 0 Å². The Hall–Kier alpha value is -1.04. The van der Waals surface area contributed by atoms with Crippen LogP contribution in [-0.4, -0.2) is 41.5 Å². The van der Waals surface area contributed by atoms with Crippen molar-refractivity contribution >= 4 is 30.4 Å². The number of likely N-dealkylation sites (tertiary alicyclic amines) is 1. The van der Waals surface area contributed by atoms with Gasteiger partial charge in [-0.15, -0.1) is 0 Å². The Morgan fingerprint density at radius 3 is 2.86 bits per heavy atom. The van der Waals surface area contributed by atoms with Gasteiger partial charge in [-0.1, -0.05) is 0 Å². The van der Waals surface area contributed by atoms with Crippen LogP contribution in [0.4, 0.5) is 0 Å². The second kappa shape index (κ2) is 4.45. The summed E-state index contributed by atoms with van der Waals surface area (Å²) in [6.07, 6.45) is 0.668. The molecule has 1 aliphatic heterocycles. The number of carbonyl (C=O) groups excluding carboxylic acids is 3. The first-order valence-electron chi connectivity index (χ1n) is 4.27. The average molecular weight is 216 g/mol. The summed E-state index contributed by atoms with van der Waals surface area (Å²) in [5, 5.41) is 2.51. The van der Waals surface area contributed by atoms with E-state index >= 15 is 0 Å². The van der Waals surface area contributed by atoms with Gasteiger partial charge in [0.25, 0.3) is 5.91 Å². The van der Waals surface area contributed by atoms with Crippen molar-refractivity contribution in [1.82, 2.24) is 10.2 Å². The normalized spacial score (nSPS) is 22.4. The fourth-order valence-electron chi connectivity index (χ4n) is 1.29. The zero-order valence-corrected chi connectivity index (χ0v) is 8.71. The molecule has 0 radical (unpaired) electrons. The van der Waals surface area contributed by atoms with E-state index in [0.29, 0.717) is 12.8 Å². The van der Waals surface area contributed by atoms with Crippen LogP contribution < -0.4 is 5.32 Å². The third kappa shape index (κ3) is 2.25. The molecule has 1 fully saturated rings. The van der Waals surface area contributed by atoms with Crippen molar-refractivity contribution in [3.05, 3.63) is 0 Å². The number of piperidine rings is 1. The number of carbonyl (C=O) groups is 3. The van der Waals surface area contributed by atoms with Gasteiger partial charge in [0.15, 0.2) is 0 Å². The van der Waals surface area contributed by atoms with Crippen LogP contribution in [0.3, 0.4) is 0 Å². The molecular weight excluding hydrogens is 204 g/mol. The number of rotatable bonds is 2. The molecule has 1 aliphatic rings. The van der Waals surface area contributed by atoms with Crippen LogP contribution in [-0.2, 0) is 14.4 Å². The second-order valence-corrected chi connectivity index (χ2v) is 3.42. The average Bonchev–Trinajstić information content (AvgIpc) is 2.19. The van der Waals surface area contributed by atoms with Crippen molar-refractivity contribution in [1.29, 1.82) is 0 Å². The summed E-state index contributed by atoms with van der Waals surface area (Å²) in [4.78, 5) is 34.6. The summed E-state index contributed by atoms with van der Waals surface area (Å²) in [6.45, 7) is 0. The van der Waals surface area contributed by atoms with Crippen LogP contribution in [0.5, 0.6) is 0 Å². The van der Waals surface area contributed by atoms with Gasteiger partial charge in [-0.05, 0) is 6.42 Å². The molecule has 1 unspecified atom stereocenters. The molecule has 0 aliphatic carbocycles. The van der Waals surface area contributed by atoms with Crippen molar-refractivity contribution in [2.24, 2.45) is 0 Å². The van der Waals surface area contributed by atoms with Crippen molar-refractivity contribution < 1.29 is 14.4 Å². The largest absolute Gasteiger partial charge is 0.344 e. The van der Waals surface area contributed by atoms with Gasteiger partial charge in [-0.3, -0.25) is 19.3 Å². The maximum absolute atomic E-state index is 11.5. The minimum Gasteiger partial charge on any atom is -0.344 e. The van der Waals surface area contributed by atoms with Crippen molar-refractivity contribution in [3.8, 4) is 0 Å². The number of imide groups is 1. The van der Waals surface area contributed by atoms with E-state index in [1.165, 1.54) is 7.05 Å². The van der Waals surface area contributed by atoms with Gasteiger partial charge in [0, 0.05) is 13.5 Å². The fraction of sp³-hybridized carbons (Fsp3) is 0.625. The highest BCUT2D eigenvalue weighted by molar-refractivity contribution is 7.81. The van der Waals surface area contributed by atoms with E-state index in [4.69, 9.17) is 0 Å². The number of nitrogens with one attached hydrogen (secondary N) is 1. The molecule has 0 aromatic heterocycles. The van der Waals surface area contributed by atoms with Crippen LogP contribution in [0.1, 0.15) is 12.8 Å². The third-order valence-corrected chi connectivity index (χ3v) is 2.42. The maximum Gasteiger partial charge on any atom is 0.251 e. The van der Waals surface area contributed by atoms with Crippen LogP contribution >= 0.6 is 12.6 Å². The van der Waals surface area contributed by atoms with E-state index in [2.05, 4.69) is 17.9 Å². The van der Waals surface area contributed by atoms with Crippen LogP contribution in [0.15, 0.2) is 0 Å². The summed E-state index contributed by atoms with van der Waals surface area (Å²) in [5.41, 5.74) is 0. The number of hydrogen-bond acceptors (Lipinski definition) is 4. The van der Waals surface area contributed by atoms with Gasteiger partial charge in [-0.2, -0.15) is 12.6 Å². The Bertz CT molecular complexity index is 280. The molecule has 1 rings (SSSR count). The van der Waals surface area contributed by atoms with E-state index in [9.17, 15) is 14.4 Å². The summed E-state index contributed by atoms with van der Waals surface area (Å²) >= 11 is 3.78. The SMILES string of the molecule is CN1C(=O)CCC(NC(=O)CS)C1=O. The van der Waals surface area contributed by atoms with Gasteiger partial charge < -0.3 is 5.32 Å². The highest BCUT2D eigenvalue weighted by Gasteiger charge is 2.32. The first-order chi connectivity index (χ1) is 6.56. The highest BCUT2D eigenvalue weighted by atomic mass is 32.1. The molecule has 14 heavy (non-hydrogen) atoms. The van der Waals surface area contributed by atoms with Crippen molar-refractivity contribution in [2.45, 2.75) is 18.9 Å². The molecule has 0 spiro atoms. The molecule has 1 heterocycles. The van der Waals surface area contributed by atoms with E-state index in [-0.39, 0.29) is 23.5 Å². The first-order valence-corrected chi connectivity index (χ1v) is 4.90. The van der Waals surface area contributed by atoms with Gasteiger partial charge >= 0.3 is 0 Å². The first kappa shape index (κ1) is 11.0. The number of amides is 3. The molecule has 0 aromatic rings. The van der Waals surface area contributed by atoms with E-state index in [1.807, 2.05) is 0 Å². The highest BCUT2D eigenvalue weighted by Crippen LogP contribution is 2.11. The molecule has 1 N–H and O–H groups in total. The summed E-state index contributed by atoms with van der Waals surface area (Å²) in [5.74, 6) is -0.807. The monoisotopic (exact) mass is 216 g/mol. The van der Waals surface area contributed by atoms with E-state index in [1.54, 1.807) is 0 Å². The lowest BCUT2D eigenvalue weighted by atomic mass is 10.0. The number of thiol groups is 1. The van der Waals surface area contributed by atoms with Gasteiger partial charge in [0.2, 0.25) is 11.8 Å². The van der Waals surface area contributed by atoms with Gasteiger partial charge in [-0.25, -0.2) is 0 Å². The molecular formula is C8H12N2O3S. The van der Waals surface area contributed by atoms with E-state index in [0.717, 1.165) is 4.90 Å². The van der Waals surface area contributed by atoms with E-state index < -0.39 is 6.04 Å².